The summed E-state index contributed by atoms with van der Waals surface area (Å²) in [5.74, 6) is 0.319. The van der Waals surface area contributed by atoms with Crippen LogP contribution in [0.25, 0.3) is 11.1 Å². The maximum Gasteiger partial charge on any atom is 0.573 e. The van der Waals surface area contributed by atoms with Crippen LogP contribution in [0.5, 0.6) is 17.2 Å². The molecule has 7 heteroatoms. The molecule has 23 heavy (non-hydrogen) atoms. The molecule has 2 rings (SSSR count). The van der Waals surface area contributed by atoms with Gasteiger partial charge in [-0.2, -0.15) is 0 Å². The van der Waals surface area contributed by atoms with Gasteiger partial charge in [0.05, 0.1) is 7.11 Å². The first kappa shape index (κ1) is 17.0. The Morgan fingerprint density at radius 3 is 2.35 bits per heavy atom. The van der Waals surface area contributed by atoms with Gasteiger partial charge < -0.3 is 19.9 Å². The lowest BCUT2D eigenvalue weighted by Gasteiger charge is -2.16. The van der Waals surface area contributed by atoms with Gasteiger partial charge in [0, 0.05) is 23.7 Å². The second-order valence-electron chi connectivity index (χ2n) is 4.54. The summed E-state index contributed by atoms with van der Waals surface area (Å²) in [6, 6.07) is 11.0. The van der Waals surface area contributed by atoms with Crippen molar-refractivity contribution in [1.82, 2.24) is 0 Å². The summed E-state index contributed by atoms with van der Waals surface area (Å²) in [7, 11) is 1.45. The zero-order chi connectivity index (χ0) is 16.9. The summed E-state index contributed by atoms with van der Waals surface area (Å²) in [6.07, 6.45) is -4.82. The highest BCUT2D eigenvalue weighted by Gasteiger charge is 2.32. The Hall–Kier alpha value is -2.41. The van der Waals surface area contributed by atoms with Crippen LogP contribution in [-0.4, -0.2) is 26.6 Å². The van der Waals surface area contributed by atoms with Crippen LogP contribution in [-0.2, 0) is 0 Å². The minimum absolute atomic E-state index is 0.194. The Bertz CT molecular complexity index is 659. The number of alkyl halides is 3. The highest BCUT2D eigenvalue weighted by molar-refractivity contribution is 5.76. The lowest BCUT2D eigenvalue weighted by atomic mass is 10.0. The van der Waals surface area contributed by atoms with Gasteiger partial charge in [0.1, 0.15) is 23.9 Å². The average Bonchev–Trinajstić information content (AvgIpc) is 2.51. The molecule has 0 saturated heterocycles. The quantitative estimate of drug-likeness (QED) is 0.881. The van der Waals surface area contributed by atoms with E-state index in [4.69, 9.17) is 15.2 Å². The Kier molecular flexibility index (Phi) is 5.33. The minimum atomic E-state index is -4.82. The second-order valence-corrected chi connectivity index (χ2v) is 4.54. The predicted octanol–water partition coefficient (Wildman–Crippen LogP) is 3.60. The third-order valence-electron chi connectivity index (χ3n) is 2.96. The normalized spacial score (nSPS) is 11.2. The summed E-state index contributed by atoms with van der Waals surface area (Å²) in [5.41, 5.74) is 6.06. The maximum absolute atomic E-state index is 12.7. The molecule has 0 radical (unpaired) electrons. The summed E-state index contributed by atoms with van der Waals surface area (Å²) in [4.78, 5) is 0. The van der Waals surface area contributed by atoms with Crippen molar-refractivity contribution in [3.8, 4) is 28.4 Å². The van der Waals surface area contributed by atoms with E-state index in [1.54, 1.807) is 30.3 Å². The lowest BCUT2D eigenvalue weighted by molar-refractivity contribution is -0.274. The van der Waals surface area contributed by atoms with E-state index in [2.05, 4.69) is 4.74 Å². The van der Waals surface area contributed by atoms with Crippen molar-refractivity contribution in [2.24, 2.45) is 5.73 Å². The van der Waals surface area contributed by atoms with Crippen molar-refractivity contribution in [3.63, 3.8) is 0 Å². The number of benzene rings is 2. The van der Waals surface area contributed by atoms with Crippen molar-refractivity contribution in [3.05, 3.63) is 42.5 Å². The first-order valence-corrected chi connectivity index (χ1v) is 6.80. The molecule has 0 aliphatic rings. The summed E-state index contributed by atoms with van der Waals surface area (Å²) >= 11 is 0. The molecule has 124 valence electrons. The first-order valence-electron chi connectivity index (χ1n) is 6.80. The fourth-order valence-electron chi connectivity index (χ4n) is 2.07. The number of ether oxygens (including phenoxy) is 3. The van der Waals surface area contributed by atoms with E-state index in [1.807, 2.05) is 0 Å². The van der Waals surface area contributed by atoms with Crippen molar-refractivity contribution in [1.29, 1.82) is 0 Å². The average molecular weight is 327 g/mol. The van der Waals surface area contributed by atoms with Crippen molar-refractivity contribution < 1.29 is 27.4 Å². The molecule has 0 aliphatic heterocycles. The molecule has 0 spiro atoms. The molecule has 0 fully saturated rings. The van der Waals surface area contributed by atoms with E-state index < -0.39 is 6.36 Å². The van der Waals surface area contributed by atoms with E-state index in [0.717, 1.165) is 0 Å². The largest absolute Gasteiger partial charge is 0.573 e. The number of hydrogen-bond donors (Lipinski definition) is 1. The molecule has 2 N–H and O–H groups in total. The molecule has 0 unspecified atom stereocenters. The second kappa shape index (κ2) is 7.23. The first-order chi connectivity index (χ1) is 10.9. The molecule has 0 heterocycles. The number of nitrogens with two attached hydrogens (primary N) is 1. The zero-order valence-electron chi connectivity index (χ0n) is 12.4. The van der Waals surface area contributed by atoms with Crippen molar-refractivity contribution >= 4 is 0 Å². The number of rotatable bonds is 6. The van der Waals surface area contributed by atoms with Crippen LogP contribution in [0.4, 0.5) is 13.2 Å². The Balaban J connectivity index is 2.48. The standard InChI is InChI=1S/C16H16F3NO3/c1-21-14-5-3-2-4-12(14)13-7-6-11(22-9-8-20)10-15(13)23-16(17,18)19/h2-7,10H,8-9,20H2,1H3. The van der Waals surface area contributed by atoms with Gasteiger partial charge in [0.25, 0.3) is 0 Å². The summed E-state index contributed by atoms with van der Waals surface area (Å²) in [5, 5.41) is 0. The number of methoxy groups -OCH3 is 1. The van der Waals surface area contributed by atoms with E-state index in [9.17, 15) is 13.2 Å². The minimum Gasteiger partial charge on any atom is -0.496 e. The highest BCUT2D eigenvalue weighted by atomic mass is 19.4. The van der Waals surface area contributed by atoms with Crippen molar-refractivity contribution in [2.45, 2.75) is 6.36 Å². The maximum atomic E-state index is 12.7. The fraction of sp³-hybridized carbons (Fsp3) is 0.250. The lowest BCUT2D eigenvalue weighted by Crippen LogP contribution is -2.18. The molecule has 2 aromatic rings. The van der Waals surface area contributed by atoms with E-state index in [-0.39, 0.29) is 30.2 Å². The Labute approximate surface area is 131 Å². The Morgan fingerprint density at radius 1 is 1.00 bits per heavy atom. The molecule has 4 nitrogen and oxygen atoms in total. The van der Waals surface area contributed by atoms with Gasteiger partial charge in [0.15, 0.2) is 0 Å². The molecule has 0 aliphatic carbocycles. The van der Waals surface area contributed by atoms with Crippen LogP contribution in [0, 0.1) is 0 Å². The Morgan fingerprint density at radius 2 is 1.70 bits per heavy atom. The van der Waals surface area contributed by atoms with Crippen LogP contribution < -0.4 is 19.9 Å². The molecule has 2 aromatic carbocycles. The molecular formula is C16H16F3NO3. The van der Waals surface area contributed by atoms with Gasteiger partial charge in [-0.15, -0.1) is 13.2 Å². The van der Waals surface area contributed by atoms with Gasteiger partial charge in [0.2, 0.25) is 0 Å². The summed E-state index contributed by atoms with van der Waals surface area (Å²) in [6.45, 7) is 0.448. The topological polar surface area (TPSA) is 53.7 Å². The van der Waals surface area contributed by atoms with Gasteiger partial charge in [-0.3, -0.25) is 0 Å². The van der Waals surface area contributed by atoms with Crippen LogP contribution in [0.2, 0.25) is 0 Å². The van der Waals surface area contributed by atoms with Gasteiger partial charge in [-0.25, -0.2) is 0 Å². The van der Waals surface area contributed by atoms with Crippen LogP contribution in [0.3, 0.4) is 0 Å². The number of halogens is 3. The van der Waals surface area contributed by atoms with E-state index in [1.165, 1.54) is 19.2 Å². The molecule has 0 atom stereocenters. The molecular weight excluding hydrogens is 311 g/mol. The fourth-order valence-corrected chi connectivity index (χ4v) is 2.07. The highest BCUT2D eigenvalue weighted by Crippen LogP contribution is 2.40. The third-order valence-corrected chi connectivity index (χ3v) is 2.96. The van der Waals surface area contributed by atoms with Crippen LogP contribution >= 0.6 is 0 Å². The monoisotopic (exact) mass is 327 g/mol. The van der Waals surface area contributed by atoms with Crippen LogP contribution in [0.1, 0.15) is 0 Å². The van der Waals surface area contributed by atoms with Crippen molar-refractivity contribution in [2.75, 3.05) is 20.3 Å². The molecule has 0 aromatic heterocycles. The number of hydrogen-bond acceptors (Lipinski definition) is 4. The predicted molar refractivity (Wildman–Crippen MR) is 79.7 cm³/mol. The summed E-state index contributed by atoms with van der Waals surface area (Å²) < 4.78 is 52.7. The van der Waals surface area contributed by atoms with E-state index >= 15 is 0 Å². The van der Waals surface area contributed by atoms with E-state index in [0.29, 0.717) is 11.3 Å². The van der Waals surface area contributed by atoms with Gasteiger partial charge >= 0.3 is 6.36 Å². The smallest absolute Gasteiger partial charge is 0.496 e. The molecule has 0 saturated carbocycles. The van der Waals surface area contributed by atoms with Gasteiger partial charge in [-0.1, -0.05) is 18.2 Å². The SMILES string of the molecule is COc1ccccc1-c1ccc(OCCN)cc1OC(F)(F)F. The third kappa shape index (κ3) is 4.53. The van der Waals surface area contributed by atoms with Gasteiger partial charge in [-0.05, 0) is 18.2 Å². The van der Waals surface area contributed by atoms with Crippen LogP contribution in [0.15, 0.2) is 42.5 Å². The molecule has 0 bridgehead atoms. The number of para-hydroxylation sites is 1. The molecule has 0 amide bonds. The zero-order valence-corrected chi connectivity index (χ0v) is 12.4.